The number of halogens is 2. The lowest BCUT2D eigenvalue weighted by atomic mass is 9.63. The quantitative estimate of drug-likeness (QED) is 0.147. The highest BCUT2D eigenvalue weighted by molar-refractivity contribution is 7.27. The summed E-state index contributed by atoms with van der Waals surface area (Å²) in [6.45, 7) is 0. The maximum absolute atomic E-state index is 9.31. The van der Waals surface area contributed by atoms with Crippen LogP contribution in [0.15, 0.2) is 328 Å². The van der Waals surface area contributed by atoms with E-state index in [-0.39, 0.29) is 12.1 Å². The Labute approximate surface area is 590 Å². The second-order valence-electron chi connectivity index (χ2n) is 24.7. The first-order valence-corrected chi connectivity index (χ1v) is 34.6. The van der Waals surface area contributed by atoms with E-state index >= 15 is 0 Å². The maximum atomic E-state index is 9.31. The highest BCUT2D eigenvalue weighted by Gasteiger charge is 2.48. The van der Waals surface area contributed by atoms with E-state index in [9.17, 15) is 10.0 Å². The van der Waals surface area contributed by atoms with Crippen molar-refractivity contribution in [2.75, 3.05) is 0 Å². The van der Waals surface area contributed by atoms with Crippen LogP contribution in [0.2, 0.25) is 5.02 Å². The molecule has 2 aliphatic heterocycles. The normalized spacial score (nSPS) is 12.8. The Morgan fingerprint density at radius 3 is 1.24 bits per heavy atom. The molecule has 13 heteroatoms. The Morgan fingerprint density at radius 2 is 0.760 bits per heavy atom. The van der Waals surface area contributed by atoms with Gasteiger partial charge in [0.15, 0.2) is 0 Å². The summed E-state index contributed by atoms with van der Waals surface area (Å²) in [5.74, 6) is 1.82. The van der Waals surface area contributed by atoms with Crippen molar-refractivity contribution in [2.24, 2.45) is 0 Å². The third kappa shape index (κ3) is 9.92. The minimum absolute atomic E-state index is 0. The molecule has 100 heavy (non-hydrogen) atoms. The first-order chi connectivity index (χ1) is 48.4. The van der Waals surface area contributed by atoms with Crippen LogP contribution >= 0.6 is 34.3 Å². The van der Waals surface area contributed by atoms with Gasteiger partial charge in [-0.3, -0.25) is 23.8 Å². The molecule has 12 aromatic carbocycles. The van der Waals surface area contributed by atoms with Gasteiger partial charge in [-0.1, -0.05) is 243 Å². The van der Waals surface area contributed by atoms with Gasteiger partial charge < -0.3 is 10.0 Å². The van der Waals surface area contributed by atoms with Gasteiger partial charge in [-0.2, -0.15) is 0 Å². The number of para-hydroxylation sites is 2. The highest BCUT2D eigenvalue weighted by atomic mass is 35.5. The summed E-state index contributed by atoms with van der Waals surface area (Å²) in [5, 5.41) is 24.2. The van der Waals surface area contributed by atoms with Gasteiger partial charge in [0.05, 0.1) is 44.3 Å². The molecule has 2 N–H and O–H groups in total. The lowest BCUT2D eigenvalue weighted by Crippen LogP contribution is -2.35. The lowest BCUT2D eigenvalue weighted by Gasteiger charge is -2.41. The molecule has 0 saturated carbocycles. The molecule has 0 aliphatic carbocycles. The number of imidazole rings is 2. The molecule has 0 radical (unpaired) electrons. The first kappa shape index (κ1) is 63.3. The van der Waals surface area contributed by atoms with Crippen molar-refractivity contribution in [1.29, 1.82) is 0 Å². The fraction of sp³-hybridized carbons (Fsp3) is 0.0345. The number of rotatable bonds is 8. The van der Waals surface area contributed by atoms with Gasteiger partial charge in [0.25, 0.3) is 0 Å². The molecule has 2 aliphatic rings. The van der Waals surface area contributed by atoms with E-state index in [0.29, 0.717) is 10.5 Å². The predicted molar refractivity (Wildman–Crippen MR) is 414 cm³/mol. The van der Waals surface area contributed by atoms with Crippen molar-refractivity contribution in [1.82, 2.24) is 29.1 Å². The largest absolute Gasteiger partial charge is 0.489 e. The Kier molecular flexibility index (Phi) is 16.3. The summed E-state index contributed by atoms with van der Waals surface area (Å²) in [5.41, 5.74) is 20.0. The molecule has 8 heterocycles. The molecule has 480 valence electrons. The summed E-state index contributed by atoms with van der Waals surface area (Å²) in [6, 6.07) is 107. The number of thiophene rings is 2. The smallest absolute Gasteiger partial charge is 0.423 e. The molecule has 20 rings (SSSR count). The first-order valence-electron chi connectivity index (χ1n) is 32.6. The summed E-state index contributed by atoms with van der Waals surface area (Å²) < 4.78 is 9.42. The molecule has 0 unspecified atom stereocenters. The second kappa shape index (κ2) is 25.7. The van der Waals surface area contributed by atoms with E-state index in [4.69, 9.17) is 21.6 Å². The minimum Gasteiger partial charge on any atom is -0.423 e. The van der Waals surface area contributed by atoms with Gasteiger partial charge in [0.2, 0.25) is 0 Å². The maximum Gasteiger partial charge on any atom is 0.489 e. The Morgan fingerprint density at radius 1 is 0.360 bits per heavy atom. The molecule has 6 aromatic heterocycles. The monoisotopic (exact) mass is 1350 g/mol. The van der Waals surface area contributed by atoms with Crippen molar-refractivity contribution in [3.8, 4) is 45.3 Å². The van der Waals surface area contributed by atoms with Crippen molar-refractivity contribution in [2.45, 2.75) is 18.3 Å². The standard InChI is InChI=1S/C43H27N3S.C31H20ClN3.C12H9BO2S.CH4.FH/c1-3-11-30(12-4-1)43(31-13-5-2-6-14-31)35-18-10-19-37-40(35)46(42(45-37)28-23-25-44-26-24-28)38-22-21-29(27-36(38)43)32-16-9-17-34-33-15-7-8-20-39(33)47-41(32)34;32-24-14-15-28-26(20-24)31(22-8-3-1-4-9-22,23-10-5-2-6-11-23)25-12-7-13-27-29(25)35(28)30(34-27)21-16-18-33-19-17-21;14-13(15)10-6-3-5-9-8-4-1-2-7-11(8)16-12(9)10;;/h1-27H;1-20H;1-7,14-15H;1H4;1H. The van der Waals surface area contributed by atoms with Gasteiger partial charge in [-0.15, -0.1) is 22.7 Å². The van der Waals surface area contributed by atoms with Gasteiger partial charge >= 0.3 is 7.12 Å². The molecule has 8 nitrogen and oxygen atoms in total. The molecule has 0 atom stereocenters. The van der Waals surface area contributed by atoms with E-state index in [2.05, 4.69) is 268 Å². The molecule has 0 bridgehead atoms. The van der Waals surface area contributed by atoms with Crippen LogP contribution in [0.3, 0.4) is 0 Å². The van der Waals surface area contributed by atoms with E-state index in [1.165, 1.54) is 80.3 Å². The van der Waals surface area contributed by atoms with Crippen LogP contribution < -0.4 is 5.46 Å². The SMILES string of the molecule is C.Clc1ccc2c(c1)C(c1ccccc1)(c1ccccc1)c1cccc3nc(-c4ccncc4)n-2c13.F.OB(O)c1cccc2c1sc1ccccc12.c1ccc(C2(c3ccccc3)c3cc(-c4cccc5c4sc4ccccc45)ccc3-n3c(-c4ccncc4)nc4cccc2c43)cc1. The number of aromatic nitrogens is 6. The third-order valence-corrected chi connectivity index (χ3v) is 22.2. The summed E-state index contributed by atoms with van der Waals surface area (Å²) >= 11 is 10.2. The van der Waals surface area contributed by atoms with Crippen molar-refractivity contribution in [3.05, 3.63) is 378 Å². The van der Waals surface area contributed by atoms with Crippen LogP contribution in [0.5, 0.6) is 0 Å². The number of hydrogen-bond donors (Lipinski definition) is 2. The van der Waals surface area contributed by atoms with Crippen molar-refractivity contribution in [3.63, 3.8) is 0 Å². The van der Waals surface area contributed by atoms with E-state index in [1.54, 1.807) is 17.4 Å². The summed E-state index contributed by atoms with van der Waals surface area (Å²) in [6.07, 6.45) is 7.32. The highest BCUT2D eigenvalue weighted by Crippen LogP contribution is 2.57. The zero-order chi connectivity index (χ0) is 65.5. The predicted octanol–water partition coefficient (Wildman–Crippen LogP) is 20.8. The molecule has 0 saturated heterocycles. The average molecular weight is 1350 g/mol. The van der Waals surface area contributed by atoms with Crippen LogP contribution in [0.1, 0.15) is 51.9 Å². The van der Waals surface area contributed by atoms with Gasteiger partial charge in [-0.25, -0.2) is 9.97 Å². The van der Waals surface area contributed by atoms with E-state index < -0.39 is 17.9 Å². The molecule has 0 fully saturated rings. The number of pyridine rings is 2. The van der Waals surface area contributed by atoms with Gasteiger partial charge in [0.1, 0.15) is 11.6 Å². The van der Waals surface area contributed by atoms with E-state index in [1.807, 2.05) is 84.7 Å². The van der Waals surface area contributed by atoms with Crippen LogP contribution in [-0.4, -0.2) is 46.2 Å². The van der Waals surface area contributed by atoms with E-state index in [0.717, 1.165) is 71.9 Å². The number of benzene rings is 12. The lowest BCUT2D eigenvalue weighted by molar-refractivity contribution is 0.426. The molecular weight excluding hydrogens is 1290 g/mol. The second-order valence-corrected chi connectivity index (χ2v) is 27.2. The molecule has 18 aromatic rings. The molecule has 0 amide bonds. The topological polar surface area (TPSA) is 102 Å². The Balaban J connectivity index is 0.000000129. The third-order valence-electron chi connectivity index (χ3n) is 19.5. The van der Waals surface area contributed by atoms with Crippen molar-refractivity contribution >= 4 is 109 Å². The zero-order valence-electron chi connectivity index (χ0n) is 52.9. The fourth-order valence-corrected chi connectivity index (χ4v) is 18.1. The summed E-state index contributed by atoms with van der Waals surface area (Å²) in [4.78, 5) is 18.9. The van der Waals surface area contributed by atoms with Crippen LogP contribution in [0.25, 0.3) is 108 Å². The average Bonchev–Trinajstić information content (AvgIpc) is 1.28. The molecule has 0 spiro atoms. The van der Waals surface area contributed by atoms with Gasteiger partial charge in [0, 0.05) is 75.9 Å². The number of fused-ring (bicyclic) bond motifs is 10. The Bertz CT molecular complexity index is 5990. The summed E-state index contributed by atoms with van der Waals surface area (Å²) in [7, 11) is -1.41. The van der Waals surface area contributed by atoms with Crippen LogP contribution in [0.4, 0.5) is 4.70 Å². The fourth-order valence-electron chi connectivity index (χ4n) is 15.5. The van der Waals surface area contributed by atoms with Gasteiger partial charge in [-0.05, 0) is 145 Å². The van der Waals surface area contributed by atoms with Crippen LogP contribution in [0, 0.1) is 0 Å². The van der Waals surface area contributed by atoms with Crippen molar-refractivity contribution < 1.29 is 14.8 Å². The number of nitrogens with zero attached hydrogens (tertiary/aromatic N) is 6. The zero-order valence-corrected chi connectivity index (χ0v) is 55.3. The Hall–Kier alpha value is -11.5. The molecular formula is C87H61BClFN6O2S2. The minimum atomic E-state index is -1.41. The van der Waals surface area contributed by atoms with Crippen LogP contribution in [-0.2, 0) is 10.8 Å². The number of hydrogen-bond acceptors (Lipinski definition) is 8.